The van der Waals surface area contributed by atoms with Gasteiger partial charge < -0.3 is 11.1 Å². The summed E-state index contributed by atoms with van der Waals surface area (Å²) in [6, 6.07) is 13.5. The Hall–Kier alpha value is -1.78. The summed E-state index contributed by atoms with van der Waals surface area (Å²) in [7, 11) is 0. The Morgan fingerprint density at radius 1 is 1.05 bits per heavy atom. The van der Waals surface area contributed by atoms with E-state index in [0.29, 0.717) is 0 Å². The van der Waals surface area contributed by atoms with Gasteiger partial charge in [0.2, 0.25) is 0 Å². The van der Waals surface area contributed by atoms with E-state index in [1.165, 1.54) is 6.07 Å². The normalized spacial score (nSPS) is 14.0. The van der Waals surface area contributed by atoms with E-state index in [4.69, 9.17) is 5.73 Å². The van der Waals surface area contributed by atoms with Crippen LogP contribution < -0.4 is 11.1 Å². The van der Waals surface area contributed by atoms with Gasteiger partial charge in [-0.1, -0.05) is 42.5 Å². The van der Waals surface area contributed by atoms with Gasteiger partial charge in [0, 0.05) is 24.2 Å². The van der Waals surface area contributed by atoms with Crippen molar-refractivity contribution in [1.29, 1.82) is 0 Å². The molecule has 2 rings (SSSR count). The Balaban J connectivity index is 2.19. The van der Waals surface area contributed by atoms with Crippen LogP contribution in [0.4, 0.5) is 8.78 Å². The minimum atomic E-state index is -0.852. The average Bonchev–Trinajstić information content (AvgIpc) is 2.48. The number of hydrogen-bond acceptors (Lipinski definition) is 2. The number of benzene rings is 2. The minimum Gasteiger partial charge on any atom is -0.329 e. The zero-order valence-corrected chi connectivity index (χ0v) is 11.3. The Morgan fingerprint density at radius 3 is 2.40 bits per heavy atom. The summed E-state index contributed by atoms with van der Waals surface area (Å²) in [5.41, 5.74) is 7.03. The largest absolute Gasteiger partial charge is 0.329 e. The average molecular weight is 276 g/mol. The summed E-state index contributed by atoms with van der Waals surface area (Å²) in [5.74, 6) is -1.69. The maximum Gasteiger partial charge on any atom is 0.163 e. The molecule has 0 radical (unpaired) electrons. The summed E-state index contributed by atoms with van der Waals surface area (Å²) in [4.78, 5) is 0. The molecule has 20 heavy (non-hydrogen) atoms. The first-order chi connectivity index (χ1) is 9.63. The van der Waals surface area contributed by atoms with Crippen molar-refractivity contribution in [2.24, 2.45) is 5.73 Å². The van der Waals surface area contributed by atoms with E-state index >= 15 is 0 Å². The molecule has 0 aromatic heterocycles. The van der Waals surface area contributed by atoms with E-state index in [1.54, 1.807) is 6.07 Å². The highest BCUT2D eigenvalue weighted by Gasteiger charge is 2.19. The molecule has 2 unspecified atom stereocenters. The fourth-order valence-corrected chi connectivity index (χ4v) is 2.21. The molecule has 2 nitrogen and oxygen atoms in total. The third kappa shape index (κ3) is 3.21. The fraction of sp³-hybridized carbons (Fsp3) is 0.250. The summed E-state index contributed by atoms with van der Waals surface area (Å²) in [5, 5.41) is 3.24. The highest BCUT2D eigenvalue weighted by atomic mass is 19.2. The molecule has 0 heterocycles. The molecule has 0 amide bonds. The molecule has 2 atom stereocenters. The van der Waals surface area contributed by atoms with Crippen molar-refractivity contribution < 1.29 is 8.78 Å². The summed E-state index contributed by atoms with van der Waals surface area (Å²) in [6.45, 7) is 2.16. The van der Waals surface area contributed by atoms with Crippen LogP contribution in [0.3, 0.4) is 0 Å². The Morgan fingerprint density at radius 2 is 1.75 bits per heavy atom. The molecule has 0 aliphatic rings. The van der Waals surface area contributed by atoms with Crippen molar-refractivity contribution >= 4 is 0 Å². The lowest BCUT2D eigenvalue weighted by atomic mass is 10.0. The highest BCUT2D eigenvalue weighted by molar-refractivity contribution is 5.24. The van der Waals surface area contributed by atoms with Crippen molar-refractivity contribution in [2.75, 3.05) is 6.54 Å². The standard InChI is InChI=1S/C16H18F2N2/c1-11(12-6-3-2-4-7-12)20-15(10-19)13-8-5-9-14(17)16(13)18/h2-9,11,15,20H,10,19H2,1H3. The van der Waals surface area contributed by atoms with Crippen LogP contribution in [-0.4, -0.2) is 6.54 Å². The van der Waals surface area contributed by atoms with E-state index in [1.807, 2.05) is 37.3 Å². The van der Waals surface area contributed by atoms with Crippen molar-refractivity contribution in [3.8, 4) is 0 Å². The molecule has 3 N–H and O–H groups in total. The first-order valence-electron chi connectivity index (χ1n) is 6.58. The second kappa shape index (κ2) is 6.59. The van der Waals surface area contributed by atoms with E-state index in [-0.39, 0.29) is 18.2 Å². The van der Waals surface area contributed by atoms with E-state index < -0.39 is 17.7 Å². The smallest absolute Gasteiger partial charge is 0.163 e. The van der Waals surface area contributed by atoms with Crippen molar-refractivity contribution in [2.45, 2.75) is 19.0 Å². The molecule has 0 bridgehead atoms. The Bertz CT molecular complexity index is 558. The third-order valence-electron chi connectivity index (χ3n) is 3.34. The van der Waals surface area contributed by atoms with Crippen molar-refractivity contribution in [1.82, 2.24) is 5.32 Å². The van der Waals surface area contributed by atoms with Crippen LogP contribution in [-0.2, 0) is 0 Å². The number of nitrogens with two attached hydrogens (primary N) is 1. The molecule has 2 aromatic rings. The van der Waals surface area contributed by atoms with Crippen LogP contribution in [0.2, 0.25) is 0 Å². The Labute approximate surface area is 117 Å². The third-order valence-corrected chi connectivity index (χ3v) is 3.34. The molecule has 0 spiro atoms. The van der Waals surface area contributed by atoms with Crippen molar-refractivity contribution in [3.63, 3.8) is 0 Å². The summed E-state index contributed by atoms with van der Waals surface area (Å²) in [6.07, 6.45) is 0. The molecule has 0 aliphatic carbocycles. The molecule has 0 saturated heterocycles. The summed E-state index contributed by atoms with van der Waals surface area (Å²) < 4.78 is 27.1. The highest BCUT2D eigenvalue weighted by Crippen LogP contribution is 2.22. The zero-order chi connectivity index (χ0) is 14.5. The molecule has 2 aromatic carbocycles. The van der Waals surface area contributed by atoms with Gasteiger partial charge in [0.05, 0.1) is 0 Å². The lowest BCUT2D eigenvalue weighted by Crippen LogP contribution is -2.31. The van der Waals surface area contributed by atoms with Gasteiger partial charge in [-0.2, -0.15) is 0 Å². The summed E-state index contributed by atoms with van der Waals surface area (Å²) >= 11 is 0. The second-order valence-electron chi connectivity index (χ2n) is 4.73. The monoisotopic (exact) mass is 276 g/mol. The van der Waals surface area contributed by atoms with Gasteiger partial charge in [-0.3, -0.25) is 0 Å². The van der Waals surface area contributed by atoms with Gasteiger partial charge in [-0.05, 0) is 18.6 Å². The lowest BCUT2D eigenvalue weighted by Gasteiger charge is -2.23. The van der Waals surface area contributed by atoms with Crippen LogP contribution in [0, 0.1) is 11.6 Å². The van der Waals surface area contributed by atoms with E-state index in [9.17, 15) is 8.78 Å². The van der Waals surface area contributed by atoms with Gasteiger partial charge in [0.1, 0.15) is 0 Å². The van der Waals surface area contributed by atoms with Crippen molar-refractivity contribution in [3.05, 3.63) is 71.3 Å². The quantitative estimate of drug-likeness (QED) is 0.879. The SMILES string of the molecule is CC(NC(CN)c1cccc(F)c1F)c1ccccc1. The van der Waals surface area contributed by atoms with Gasteiger partial charge >= 0.3 is 0 Å². The van der Waals surface area contributed by atoms with Crippen LogP contribution >= 0.6 is 0 Å². The van der Waals surface area contributed by atoms with Crippen LogP contribution in [0.5, 0.6) is 0 Å². The number of rotatable bonds is 5. The van der Waals surface area contributed by atoms with E-state index in [0.717, 1.165) is 11.6 Å². The molecule has 0 aliphatic heterocycles. The predicted octanol–water partition coefficient (Wildman–Crippen LogP) is 3.32. The number of hydrogen-bond donors (Lipinski definition) is 2. The van der Waals surface area contributed by atoms with Crippen LogP contribution in [0.1, 0.15) is 30.1 Å². The predicted molar refractivity (Wildman–Crippen MR) is 76.1 cm³/mol. The maximum atomic E-state index is 13.8. The molecule has 4 heteroatoms. The zero-order valence-electron chi connectivity index (χ0n) is 11.3. The lowest BCUT2D eigenvalue weighted by molar-refractivity contribution is 0.435. The second-order valence-corrected chi connectivity index (χ2v) is 4.73. The topological polar surface area (TPSA) is 38.0 Å². The molecule has 0 saturated carbocycles. The Kier molecular flexibility index (Phi) is 4.82. The maximum absolute atomic E-state index is 13.8. The fourth-order valence-electron chi connectivity index (χ4n) is 2.21. The number of halogens is 2. The molecule has 0 fully saturated rings. The minimum absolute atomic E-state index is 0.00702. The van der Waals surface area contributed by atoms with Crippen LogP contribution in [0.15, 0.2) is 48.5 Å². The molecular weight excluding hydrogens is 258 g/mol. The van der Waals surface area contributed by atoms with Gasteiger partial charge in [-0.25, -0.2) is 8.78 Å². The molecular formula is C16H18F2N2. The number of nitrogens with one attached hydrogen (secondary N) is 1. The van der Waals surface area contributed by atoms with Gasteiger partial charge in [-0.15, -0.1) is 0 Å². The van der Waals surface area contributed by atoms with Crippen LogP contribution in [0.25, 0.3) is 0 Å². The van der Waals surface area contributed by atoms with E-state index in [2.05, 4.69) is 5.32 Å². The first-order valence-corrected chi connectivity index (χ1v) is 6.58. The molecule has 106 valence electrons. The van der Waals surface area contributed by atoms with Gasteiger partial charge in [0.15, 0.2) is 11.6 Å². The first kappa shape index (κ1) is 14.6. The van der Waals surface area contributed by atoms with Gasteiger partial charge in [0.25, 0.3) is 0 Å².